The normalized spacial score (nSPS) is 12.8. The zero-order chi connectivity index (χ0) is 13.9. The van der Waals surface area contributed by atoms with E-state index in [4.69, 9.17) is 0 Å². The molecule has 0 saturated heterocycles. The predicted octanol–water partition coefficient (Wildman–Crippen LogP) is 3.33. The molecule has 0 heterocycles. The number of nitrogens with one attached hydrogen (secondary N) is 1. The van der Waals surface area contributed by atoms with Gasteiger partial charge in [-0.05, 0) is 51.9 Å². The minimum absolute atomic E-state index is 0.666. The molecular formula is C17H30N2. The fraction of sp³-hybridized carbons (Fsp3) is 0.647. The van der Waals surface area contributed by atoms with Crippen LogP contribution in [0.2, 0.25) is 0 Å². The molecule has 1 N–H and O–H groups in total. The molecule has 0 radical (unpaired) electrons. The van der Waals surface area contributed by atoms with Crippen molar-refractivity contribution in [2.75, 3.05) is 26.7 Å². The van der Waals surface area contributed by atoms with Gasteiger partial charge in [-0.3, -0.25) is 0 Å². The van der Waals surface area contributed by atoms with Crippen LogP contribution in [0.1, 0.15) is 38.7 Å². The van der Waals surface area contributed by atoms with Crippen LogP contribution in [0.4, 0.5) is 0 Å². The first-order valence-corrected chi connectivity index (χ1v) is 7.68. The summed E-state index contributed by atoms with van der Waals surface area (Å²) in [6, 6.07) is 11.4. The van der Waals surface area contributed by atoms with Crippen molar-refractivity contribution >= 4 is 0 Å². The lowest BCUT2D eigenvalue weighted by Gasteiger charge is -2.17. The molecule has 0 aromatic heterocycles. The Balaban J connectivity index is 2.03. The summed E-state index contributed by atoms with van der Waals surface area (Å²) in [6.45, 7) is 7.91. The van der Waals surface area contributed by atoms with E-state index >= 15 is 0 Å². The summed E-state index contributed by atoms with van der Waals surface area (Å²) < 4.78 is 0. The van der Waals surface area contributed by atoms with Crippen molar-refractivity contribution in [3.63, 3.8) is 0 Å². The van der Waals surface area contributed by atoms with Gasteiger partial charge in [0, 0.05) is 12.6 Å². The lowest BCUT2D eigenvalue weighted by atomic mass is 10.1. The standard InChI is InChI=1S/C17H30N2/c1-4-18-16(2)10-8-9-14-19(3)15-13-17-11-6-5-7-12-17/h5-7,11-12,16,18H,4,8-10,13-15H2,1-3H3. The Morgan fingerprint density at radius 2 is 1.84 bits per heavy atom. The third-order valence-corrected chi connectivity index (χ3v) is 3.60. The molecule has 1 unspecified atom stereocenters. The average molecular weight is 262 g/mol. The van der Waals surface area contributed by atoms with Crippen molar-refractivity contribution in [1.82, 2.24) is 10.2 Å². The first-order chi connectivity index (χ1) is 9.22. The van der Waals surface area contributed by atoms with Crippen LogP contribution in [-0.4, -0.2) is 37.6 Å². The molecular weight excluding hydrogens is 232 g/mol. The molecule has 0 aliphatic carbocycles. The summed E-state index contributed by atoms with van der Waals surface area (Å²) in [4.78, 5) is 2.45. The van der Waals surface area contributed by atoms with E-state index in [1.54, 1.807) is 0 Å². The van der Waals surface area contributed by atoms with E-state index in [-0.39, 0.29) is 0 Å². The highest BCUT2D eigenvalue weighted by Gasteiger charge is 2.02. The summed E-state index contributed by atoms with van der Waals surface area (Å²) in [7, 11) is 2.23. The molecule has 2 nitrogen and oxygen atoms in total. The second-order valence-corrected chi connectivity index (χ2v) is 5.49. The Hall–Kier alpha value is -0.860. The van der Waals surface area contributed by atoms with Gasteiger partial charge >= 0.3 is 0 Å². The van der Waals surface area contributed by atoms with Crippen LogP contribution in [0.5, 0.6) is 0 Å². The number of benzene rings is 1. The smallest absolute Gasteiger partial charge is 0.00386 e. The van der Waals surface area contributed by atoms with Crippen molar-refractivity contribution in [3.8, 4) is 0 Å². The Morgan fingerprint density at radius 1 is 1.11 bits per heavy atom. The number of likely N-dealkylation sites (N-methyl/N-ethyl adjacent to an activating group) is 1. The van der Waals surface area contributed by atoms with Gasteiger partial charge in [0.25, 0.3) is 0 Å². The Labute approximate surface area is 119 Å². The molecule has 1 rings (SSSR count). The van der Waals surface area contributed by atoms with Crippen LogP contribution in [0.15, 0.2) is 30.3 Å². The molecule has 1 aromatic rings. The Kier molecular flexibility index (Phi) is 8.52. The van der Waals surface area contributed by atoms with Crippen molar-refractivity contribution in [3.05, 3.63) is 35.9 Å². The quantitative estimate of drug-likeness (QED) is 0.651. The van der Waals surface area contributed by atoms with Crippen LogP contribution >= 0.6 is 0 Å². The van der Waals surface area contributed by atoms with Crippen LogP contribution in [0.25, 0.3) is 0 Å². The molecule has 1 atom stereocenters. The lowest BCUT2D eigenvalue weighted by Crippen LogP contribution is -2.26. The second-order valence-electron chi connectivity index (χ2n) is 5.49. The summed E-state index contributed by atoms with van der Waals surface area (Å²) in [6.07, 6.45) is 5.08. The molecule has 0 aliphatic heterocycles. The van der Waals surface area contributed by atoms with Gasteiger partial charge in [0.2, 0.25) is 0 Å². The third kappa shape index (κ3) is 8.02. The maximum absolute atomic E-state index is 3.47. The summed E-state index contributed by atoms with van der Waals surface area (Å²) in [5.74, 6) is 0. The zero-order valence-corrected chi connectivity index (χ0v) is 12.9. The number of hydrogen-bond acceptors (Lipinski definition) is 2. The minimum atomic E-state index is 0.666. The van der Waals surface area contributed by atoms with Crippen molar-refractivity contribution in [1.29, 1.82) is 0 Å². The van der Waals surface area contributed by atoms with E-state index in [0.29, 0.717) is 6.04 Å². The molecule has 1 aromatic carbocycles. The first kappa shape index (κ1) is 16.2. The Bertz CT molecular complexity index is 310. The van der Waals surface area contributed by atoms with Crippen molar-refractivity contribution in [2.24, 2.45) is 0 Å². The number of nitrogens with zero attached hydrogens (tertiary/aromatic N) is 1. The van der Waals surface area contributed by atoms with E-state index in [1.165, 1.54) is 31.4 Å². The molecule has 0 saturated carbocycles. The molecule has 0 amide bonds. The monoisotopic (exact) mass is 262 g/mol. The van der Waals surface area contributed by atoms with E-state index in [0.717, 1.165) is 19.5 Å². The minimum Gasteiger partial charge on any atom is -0.315 e. The molecule has 0 fully saturated rings. The van der Waals surface area contributed by atoms with Gasteiger partial charge in [0.05, 0.1) is 0 Å². The van der Waals surface area contributed by atoms with E-state index in [1.807, 2.05) is 0 Å². The maximum atomic E-state index is 3.47. The molecule has 0 spiro atoms. The summed E-state index contributed by atoms with van der Waals surface area (Å²) in [5, 5.41) is 3.47. The van der Waals surface area contributed by atoms with Gasteiger partial charge in [-0.25, -0.2) is 0 Å². The number of rotatable bonds is 10. The van der Waals surface area contributed by atoms with Crippen LogP contribution < -0.4 is 5.32 Å². The van der Waals surface area contributed by atoms with E-state index in [9.17, 15) is 0 Å². The zero-order valence-electron chi connectivity index (χ0n) is 12.9. The molecule has 0 bridgehead atoms. The van der Waals surface area contributed by atoms with Crippen LogP contribution in [0.3, 0.4) is 0 Å². The summed E-state index contributed by atoms with van der Waals surface area (Å²) in [5.41, 5.74) is 1.44. The van der Waals surface area contributed by atoms with Crippen molar-refractivity contribution < 1.29 is 0 Å². The number of unbranched alkanes of at least 4 members (excludes halogenated alkanes) is 1. The third-order valence-electron chi connectivity index (χ3n) is 3.60. The molecule has 108 valence electrons. The second kappa shape index (κ2) is 9.99. The maximum Gasteiger partial charge on any atom is 0.00386 e. The molecule has 19 heavy (non-hydrogen) atoms. The van der Waals surface area contributed by atoms with Gasteiger partial charge in [0.15, 0.2) is 0 Å². The topological polar surface area (TPSA) is 15.3 Å². The average Bonchev–Trinajstić information content (AvgIpc) is 2.43. The highest BCUT2D eigenvalue weighted by molar-refractivity contribution is 5.14. The largest absolute Gasteiger partial charge is 0.315 e. The molecule has 2 heteroatoms. The predicted molar refractivity (Wildman–Crippen MR) is 84.6 cm³/mol. The van der Waals surface area contributed by atoms with Gasteiger partial charge in [-0.15, -0.1) is 0 Å². The fourth-order valence-corrected chi connectivity index (χ4v) is 2.36. The van der Waals surface area contributed by atoms with Gasteiger partial charge < -0.3 is 10.2 Å². The number of hydrogen-bond donors (Lipinski definition) is 1. The van der Waals surface area contributed by atoms with Gasteiger partial charge in [-0.1, -0.05) is 43.7 Å². The summed E-state index contributed by atoms with van der Waals surface area (Å²) >= 11 is 0. The SMILES string of the molecule is CCNC(C)CCCCN(C)CCc1ccccc1. The highest BCUT2D eigenvalue weighted by Crippen LogP contribution is 2.04. The molecule has 0 aliphatic rings. The lowest BCUT2D eigenvalue weighted by molar-refractivity contribution is 0.325. The van der Waals surface area contributed by atoms with E-state index in [2.05, 4.69) is 61.4 Å². The van der Waals surface area contributed by atoms with Crippen LogP contribution in [-0.2, 0) is 6.42 Å². The van der Waals surface area contributed by atoms with E-state index < -0.39 is 0 Å². The van der Waals surface area contributed by atoms with Crippen molar-refractivity contribution in [2.45, 2.75) is 45.6 Å². The van der Waals surface area contributed by atoms with Gasteiger partial charge in [-0.2, -0.15) is 0 Å². The van der Waals surface area contributed by atoms with Crippen LogP contribution in [0, 0.1) is 0 Å². The highest BCUT2D eigenvalue weighted by atomic mass is 15.1. The first-order valence-electron chi connectivity index (χ1n) is 7.68. The van der Waals surface area contributed by atoms with Gasteiger partial charge in [0.1, 0.15) is 0 Å². The Morgan fingerprint density at radius 3 is 2.53 bits per heavy atom. The fourth-order valence-electron chi connectivity index (χ4n) is 2.36.